The Labute approximate surface area is 200 Å². The monoisotopic (exact) mass is 446 g/mol. The maximum absolute atomic E-state index is 6.03. The van der Waals surface area contributed by atoms with Crippen molar-refractivity contribution in [2.24, 2.45) is 0 Å². The van der Waals surface area contributed by atoms with Crippen molar-refractivity contribution < 1.29 is 9.47 Å². The lowest BCUT2D eigenvalue weighted by atomic mass is 10.1. The lowest BCUT2D eigenvalue weighted by Gasteiger charge is -2.12. The van der Waals surface area contributed by atoms with Gasteiger partial charge in [0, 0.05) is 0 Å². The molecule has 0 fully saturated rings. The predicted molar refractivity (Wildman–Crippen MR) is 141 cm³/mol. The van der Waals surface area contributed by atoms with E-state index in [0.717, 1.165) is 37.6 Å². The molecule has 0 unspecified atom stereocenters. The van der Waals surface area contributed by atoms with Gasteiger partial charge in [0.15, 0.2) is 11.5 Å². The summed E-state index contributed by atoms with van der Waals surface area (Å²) in [7, 11) is 0. The van der Waals surface area contributed by atoms with Crippen LogP contribution in [0, 0.1) is 0 Å². The van der Waals surface area contributed by atoms with Crippen molar-refractivity contribution in [1.82, 2.24) is 0 Å². The van der Waals surface area contributed by atoms with Crippen LogP contribution in [0.25, 0.3) is 0 Å². The average molecular weight is 447 g/mol. The molecule has 1 rings (SSSR count). The highest BCUT2D eigenvalue weighted by atomic mass is 16.5. The Balaban J connectivity index is 1.99. The van der Waals surface area contributed by atoms with Gasteiger partial charge in [0.25, 0.3) is 0 Å². The SMILES string of the molecule is CCCCCCCCCCCCOc1ccccc1OCCCCCCCCCCCC. The fourth-order valence-corrected chi connectivity index (χ4v) is 4.23. The van der Waals surface area contributed by atoms with E-state index < -0.39 is 0 Å². The smallest absolute Gasteiger partial charge is 0.161 e. The molecule has 0 heterocycles. The number of para-hydroxylation sites is 2. The molecule has 2 heteroatoms. The van der Waals surface area contributed by atoms with Crippen LogP contribution in [0.15, 0.2) is 24.3 Å². The summed E-state index contributed by atoms with van der Waals surface area (Å²) >= 11 is 0. The Morgan fingerprint density at radius 2 is 0.688 bits per heavy atom. The Hall–Kier alpha value is -1.18. The number of unbranched alkanes of at least 4 members (excludes halogenated alkanes) is 18. The molecule has 2 nitrogen and oxygen atoms in total. The molecule has 0 N–H and O–H groups in total. The van der Waals surface area contributed by atoms with Crippen molar-refractivity contribution in [2.45, 2.75) is 142 Å². The van der Waals surface area contributed by atoms with Crippen molar-refractivity contribution in [3.63, 3.8) is 0 Å². The summed E-state index contributed by atoms with van der Waals surface area (Å²) in [5.41, 5.74) is 0. The van der Waals surface area contributed by atoms with Crippen LogP contribution in [0.1, 0.15) is 142 Å². The van der Waals surface area contributed by atoms with Crippen LogP contribution in [0.2, 0.25) is 0 Å². The van der Waals surface area contributed by atoms with Crippen LogP contribution in [-0.2, 0) is 0 Å². The quantitative estimate of drug-likeness (QED) is 0.147. The first-order valence-electron chi connectivity index (χ1n) is 14.2. The maximum atomic E-state index is 6.03. The molecule has 1 aromatic carbocycles. The zero-order valence-corrected chi connectivity index (χ0v) is 21.7. The Morgan fingerprint density at radius 1 is 0.406 bits per heavy atom. The average Bonchev–Trinajstić information content (AvgIpc) is 2.81. The number of benzene rings is 1. The Bertz CT molecular complexity index is 454. The van der Waals surface area contributed by atoms with Gasteiger partial charge in [-0.25, -0.2) is 0 Å². The third kappa shape index (κ3) is 17.4. The second-order valence-electron chi connectivity index (χ2n) is 9.51. The summed E-state index contributed by atoms with van der Waals surface area (Å²) in [6.45, 7) is 6.17. The molecule has 0 saturated carbocycles. The molecule has 0 aliphatic carbocycles. The van der Waals surface area contributed by atoms with Gasteiger partial charge in [-0.3, -0.25) is 0 Å². The van der Waals surface area contributed by atoms with Gasteiger partial charge < -0.3 is 9.47 Å². The molecule has 0 atom stereocenters. The van der Waals surface area contributed by atoms with E-state index in [9.17, 15) is 0 Å². The second-order valence-corrected chi connectivity index (χ2v) is 9.51. The third-order valence-electron chi connectivity index (χ3n) is 6.36. The van der Waals surface area contributed by atoms with Crippen LogP contribution in [-0.4, -0.2) is 13.2 Å². The van der Waals surface area contributed by atoms with Crippen LogP contribution in [0.3, 0.4) is 0 Å². The van der Waals surface area contributed by atoms with Gasteiger partial charge in [-0.15, -0.1) is 0 Å². The fourth-order valence-electron chi connectivity index (χ4n) is 4.23. The first kappa shape index (κ1) is 28.9. The summed E-state index contributed by atoms with van der Waals surface area (Å²) in [6, 6.07) is 8.18. The van der Waals surface area contributed by atoms with Crippen molar-refractivity contribution >= 4 is 0 Å². The number of ether oxygens (including phenoxy) is 2. The molecule has 0 spiro atoms. The Kier molecular flexibility index (Phi) is 20.7. The number of rotatable bonds is 24. The molecule has 0 bridgehead atoms. The largest absolute Gasteiger partial charge is 0.490 e. The van der Waals surface area contributed by atoms with Gasteiger partial charge in [0.2, 0.25) is 0 Å². The lowest BCUT2D eigenvalue weighted by Crippen LogP contribution is -2.02. The summed E-state index contributed by atoms with van der Waals surface area (Å²) in [5.74, 6) is 1.83. The van der Waals surface area contributed by atoms with E-state index in [0.29, 0.717) is 0 Å². The van der Waals surface area contributed by atoms with Gasteiger partial charge in [-0.2, -0.15) is 0 Å². The van der Waals surface area contributed by atoms with E-state index in [1.807, 2.05) is 24.3 Å². The fraction of sp³-hybridized carbons (Fsp3) is 0.800. The minimum absolute atomic E-state index is 0.801. The molecular weight excluding hydrogens is 392 g/mol. The van der Waals surface area contributed by atoms with Gasteiger partial charge >= 0.3 is 0 Å². The molecule has 0 amide bonds. The zero-order valence-electron chi connectivity index (χ0n) is 21.7. The van der Waals surface area contributed by atoms with E-state index in [1.54, 1.807) is 0 Å². The Morgan fingerprint density at radius 3 is 1.00 bits per heavy atom. The molecular formula is C30H54O2. The van der Waals surface area contributed by atoms with Crippen molar-refractivity contribution in [1.29, 1.82) is 0 Å². The van der Waals surface area contributed by atoms with Crippen LogP contribution >= 0.6 is 0 Å². The molecule has 0 saturated heterocycles. The lowest BCUT2D eigenvalue weighted by molar-refractivity contribution is 0.258. The van der Waals surface area contributed by atoms with Crippen LogP contribution in [0.4, 0.5) is 0 Å². The van der Waals surface area contributed by atoms with Crippen LogP contribution in [0.5, 0.6) is 11.5 Å². The molecule has 0 aromatic heterocycles. The molecule has 186 valence electrons. The first-order chi connectivity index (χ1) is 15.9. The molecule has 0 radical (unpaired) electrons. The van der Waals surface area contributed by atoms with E-state index in [1.165, 1.54) is 116 Å². The third-order valence-corrected chi connectivity index (χ3v) is 6.36. The minimum atomic E-state index is 0.801. The standard InChI is InChI=1S/C30H54O2/c1-3-5-7-9-11-13-15-17-19-23-27-31-29-25-21-22-26-30(29)32-28-24-20-18-16-14-12-10-8-6-4-2/h21-22,25-26H,3-20,23-24,27-28H2,1-2H3. The van der Waals surface area contributed by atoms with Crippen LogP contribution < -0.4 is 9.47 Å². The summed E-state index contributed by atoms with van der Waals surface area (Å²) < 4.78 is 12.1. The normalized spacial score (nSPS) is 11.1. The number of hydrogen-bond acceptors (Lipinski definition) is 2. The first-order valence-corrected chi connectivity index (χ1v) is 14.2. The summed E-state index contributed by atoms with van der Waals surface area (Å²) in [4.78, 5) is 0. The molecule has 0 aliphatic rings. The summed E-state index contributed by atoms with van der Waals surface area (Å²) in [5, 5.41) is 0. The molecule has 32 heavy (non-hydrogen) atoms. The topological polar surface area (TPSA) is 18.5 Å². The highest BCUT2D eigenvalue weighted by molar-refractivity contribution is 5.39. The predicted octanol–water partition coefficient (Wildman–Crippen LogP) is 10.3. The maximum Gasteiger partial charge on any atom is 0.161 e. The van der Waals surface area contributed by atoms with Gasteiger partial charge in [0.05, 0.1) is 13.2 Å². The highest BCUT2D eigenvalue weighted by Gasteiger charge is 2.04. The second kappa shape index (κ2) is 23.0. The van der Waals surface area contributed by atoms with E-state index in [-0.39, 0.29) is 0 Å². The molecule has 0 aliphatic heterocycles. The van der Waals surface area contributed by atoms with Gasteiger partial charge in [-0.1, -0.05) is 142 Å². The summed E-state index contributed by atoms with van der Waals surface area (Å²) in [6.07, 6.45) is 27.1. The zero-order chi connectivity index (χ0) is 23.0. The van der Waals surface area contributed by atoms with Gasteiger partial charge in [0.1, 0.15) is 0 Å². The van der Waals surface area contributed by atoms with E-state index in [4.69, 9.17) is 9.47 Å². The highest BCUT2D eigenvalue weighted by Crippen LogP contribution is 2.27. The van der Waals surface area contributed by atoms with Crippen molar-refractivity contribution in [3.8, 4) is 11.5 Å². The van der Waals surface area contributed by atoms with Gasteiger partial charge in [-0.05, 0) is 25.0 Å². The molecule has 1 aromatic rings. The minimum Gasteiger partial charge on any atom is -0.490 e. The number of hydrogen-bond donors (Lipinski definition) is 0. The van der Waals surface area contributed by atoms with Crippen molar-refractivity contribution in [2.75, 3.05) is 13.2 Å². The van der Waals surface area contributed by atoms with E-state index in [2.05, 4.69) is 13.8 Å². The van der Waals surface area contributed by atoms with E-state index >= 15 is 0 Å². The van der Waals surface area contributed by atoms with Crippen molar-refractivity contribution in [3.05, 3.63) is 24.3 Å².